The molecule has 2 saturated heterocycles. The van der Waals surface area contributed by atoms with Crippen LogP contribution >= 0.6 is 0 Å². The molecular formula is C16H23N3O3S. The number of carbonyl (C=O) groups excluding carboxylic acids is 1. The Hall–Kier alpha value is -1.44. The van der Waals surface area contributed by atoms with Crippen LogP contribution in [0.1, 0.15) is 29.6 Å². The molecule has 1 amide bonds. The number of hydrogen-bond donors (Lipinski definition) is 2. The van der Waals surface area contributed by atoms with E-state index in [9.17, 15) is 13.2 Å². The fraction of sp³-hybridized carbons (Fsp3) is 0.562. The van der Waals surface area contributed by atoms with Gasteiger partial charge in [-0.2, -0.15) is 4.31 Å². The molecule has 1 aromatic carbocycles. The Morgan fingerprint density at radius 3 is 2.61 bits per heavy atom. The SMILES string of the molecule is O=C(NCC1CNC1)c1cccc(S(=O)(=O)N2CCCCC2)c1. The minimum atomic E-state index is -3.50. The van der Waals surface area contributed by atoms with Crippen molar-refractivity contribution in [1.29, 1.82) is 0 Å². The normalized spacial score (nSPS) is 20.0. The predicted octanol–water partition coefficient (Wildman–Crippen LogP) is 0.810. The van der Waals surface area contributed by atoms with Crippen molar-refractivity contribution >= 4 is 15.9 Å². The quantitative estimate of drug-likeness (QED) is 0.833. The van der Waals surface area contributed by atoms with Crippen LogP contribution in [0.25, 0.3) is 0 Å². The number of rotatable bonds is 5. The van der Waals surface area contributed by atoms with Gasteiger partial charge in [0, 0.05) is 44.2 Å². The summed E-state index contributed by atoms with van der Waals surface area (Å²) in [6.07, 6.45) is 2.87. The van der Waals surface area contributed by atoms with Gasteiger partial charge in [0.25, 0.3) is 5.91 Å². The number of nitrogens with one attached hydrogen (secondary N) is 2. The molecule has 0 spiro atoms. The highest BCUT2D eigenvalue weighted by atomic mass is 32.2. The molecule has 126 valence electrons. The summed E-state index contributed by atoms with van der Waals surface area (Å²) in [6, 6.07) is 6.34. The molecule has 6 nitrogen and oxygen atoms in total. The van der Waals surface area contributed by atoms with E-state index in [2.05, 4.69) is 10.6 Å². The molecule has 2 heterocycles. The Balaban J connectivity index is 1.71. The zero-order valence-electron chi connectivity index (χ0n) is 13.1. The van der Waals surface area contributed by atoms with E-state index >= 15 is 0 Å². The Kier molecular flexibility index (Phi) is 4.99. The molecule has 2 aliphatic heterocycles. The lowest BCUT2D eigenvalue weighted by atomic mass is 10.0. The molecule has 0 unspecified atom stereocenters. The lowest BCUT2D eigenvalue weighted by Gasteiger charge is -2.27. The van der Waals surface area contributed by atoms with Gasteiger partial charge in [0.05, 0.1) is 4.90 Å². The van der Waals surface area contributed by atoms with Crippen LogP contribution < -0.4 is 10.6 Å². The highest BCUT2D eigenvalue weighted by Gasteiger charge is 2.26. The van der Waals surface area contributed by atoms with Crippen molar-refractivity contribution < 1.29 is 13.2 Å². The predicted molar refractivity (Wildman–Crippen MR) is 87.7 cm³/mol. The maximum atomic E-state index is 12.7. The maximum Gasteiger partial charge on any atom is 0.251 e. The first-order valence-electron chi connectivity index (χ1n) is 8.16. The summed E-state index contributed by atoms with van der Waals surface area (Å²) in [7, 11) is -3.50. The van der Waals surface area contributed by atoms with Gasteiger partial charge in [0.1, 0.15) is 0 Å². The standard InChI is InChI=1S/C16H23N3O3S/c20-16(18-12-13-10-17-11-13)14-5-4-6-15(9-14)23(21,22)19-7-2-1-3-8-19/h4-6,9,13,17H,1-3,7-8,10-12H2,(H,18,20). The van der Waals surface area contributed by atoms with Gasteiger partial charge in [-0.1, -0.05) is 12.5 Å². The summed E-state index contributed by atoms with van der Waals surface area (Å²) >= 11 is 0. The first-order chi connectivity index (χ1) is 11.1. The largest absolute Gasteiger partial charge is 0.352 e. The second kappa shape index (κ2) is 6.98. The summed E-state index contributed by atoms with van der Waals surface area (Å²) in [5.41, 5.74) is 0.398. The van der Waals surface area contributed by atoms with Crippen LogP contribution in [-0.4, -0.2) is 51.4 Å². The Morgan fingerprint density at radius 1 is 1.22 bits per heavy atom. The van der Waals surface area contributed by atoms with E-state index in [1.54, 1.807) is 18.2 Å². The maximum absolute atomic E-state index is 12.7. The number of benzene rings is 1. The summed E-state index contributed by atoms with van der Waals surface area (Å²) < 4.78 is 26.9. The van der Waals surface area contributed by atoms with Gasteiger partial charge < -0.3 is 10.6 Å². The first kappa shape index (κ1) is 16.4. The van der Waals surface area contributed by atoms with Crippen molar-refractivity contribution in [2.75, 3.05) is 32.7 Å². The summed E-state index contributed by atoms with van der Waals surface area (Å²) in [5.74, 6) is 0.256. The van der Waals surface area contributed by atoms with E-state index in [0.29, 0.717) is 31.1 Å². The molecule has 0 aliphatic carbocycles. The molecule has 1 aromatic rings. The van der Waals surface area contributed by atoms with Crippen LogP contribution in [-0.2, 0) is 10.0 Å². The highest BCUT2D eigenvalue weighted by Crippen LogP contribution is 2.21. The third-order valence-electron chi connectivity index (χ3n) is 4.47. The minimum absolute atomic E-state index is 0.206. The third kappa shape index (κ3) is 3.73. The monoisotopic (exact) mass is 337 g/mol. The van der Waals surface area contributed by atoms with Gasteiger partial charge in [-0.05, 0) is 31.0 Å². The summed E-state index contributed by atoms with van der Waals surface area (Å²) in [4.78, 5) is 12.4. The van der Waals surface area contributed by atoms with E-state index < -0.39 is 10.0 Å². The number of nitrogens with zero attached hydrogens (tertiary/aromatic N) is 1. The third-order valence-corrected chi connectivity index (χ3v) is 6.36. The summed E-state index contributed by atoms with van der Waals surface area (Å²) in [6.45, 7) is 3.59. The average molecular weight is 337 g/mol. The molecule has 2 aliphatic rings. The Labute approximate surface area is 137 Å². The lowest BCUT2D eigenvalue weighted by Crippen LogP contribution is -2.48. The molecule has 2 N–H and O–H groups in total. The molecule has 0 radical (unpaired) electrons. The van der Waals surface area contributed by atoms with Crippen LogP contribution in [0.2, 0.25) is 0 Å². The smallest absolute Gasteiger partial charge is 0.251 e. The number of carbonyl (C=O) groups is 1. The second-order valence-electron chi connectivity index (χ2n) is 6.23. The first-order valence-corrected chi connectivity index (χ1v) is 9.60. The summed E-state index contributed by atoms with van der Waals surface area (Å²) in [5, 5.41) is 6.03. The van der Waals surface area contributed by atoms with Crippen molar-refractivity contribution in [2.24, 2.45) is 5.92 Å². The molecule has 0 saturated carbocycles. The van der Waals surface area contributed by atoms with E-state index in [1.165, 1.54) is 10.4 Å². The molecule has 2 fully saturated rings. The Morgan fingerprint density at radius 2 is 1.96 bits per heavy atom. The molecule has 3 rings (SSSR count). The van der Waals surface area contributed by atoms with Gasteiger partial charge in [0.15, 0.2) is 0 Å². The van der Waals surface area contributed by atoms with Crippen LogP contribution in [0.4, 0.5) is 0 Å². The molecule has 7 heteroatoms. The van der Waals surface area contributed by atoms with Gasteiger partial charge in [-0.3, -0.25) is 4.79 Å². The van der Waals surface area contributed by atoms with Crippen molar-refractivity contribution in [2.45, 2.75) is 24.2 Å². The zero-order valence-corrected chi connectivity index (χ0v) is 13.9. The van der Waals surface area contributed by atoms with Gasteiger partial charge in [0.2, 0.25) is 10.0 Å². The van der Waals surface area contributed by atoms with Crippen LogP contribution in [0.3, 0.4) is 0 Å². The van der Waals surface area contributed by atoms with Crippen molar-refractivity contribution in [3.8, 4) is 0 Å². The van der Waals surface area contributed by atoms with Crippen LogP contribution in [0.15, 0.2) is 29.2 Å². The van der Waals surface area contributed by atoms with Gasteiger partial charge >= 0.3 is 0 Å². The lowest BCUT2D eigenvalue weighted by molar-refractivity contribution is 0.0942. The van der Waals surface area contributed by atoms with E-state index in [1.807, 2.05) is 0 Å². The van der Waals surface area contributed by atoms with E-state index in [0.717, 1.165) is 32.4 Å². The molecule has 0 atom stereocenters. The zero-order chi connectivity index (χ0) is 16.3. The average Bonchev–Trinajstić information content (AvgIpc) is 2.54. The fourth-order valence-electron chi connectivity index (χ4n) is 2.88. The molecule has 23 heavy (non-hydrogen) atoms. The number of amides is 1. The van der Waals surface area contributed by atoms with Crippen molar-refractivity contribution in [3.05, 3.63) is 29.8 Å². The number of piperidine rings is 1. The molecule has 0 bridgehead atoms. The highest BCUT2D eigenvalue weighted by molar-refractivity contribution is 7.89. The molecular weight excluding hydrogens is 314 g/mol. The van der Waals surface area contributed by atoms with Crippen LogP contribution in [0.5, 0.6) is 0 Å². The second-order valence-corrected chi connectivity index (χ2v) is 8.16. The minimum Gasteiger partial charge on any atom is -0.352 e. The van der Waals surface area contributed by atoms with E-state index in [4.69, 9.17) is 0 Å². The van der Waals surface area contributed by atoms with Gasteiger partial charge in [-0.25, -0.2) is 8.42 Å². The Bertz CT molecular complexity index is 665. The van der Waals surface area contributed by atoms with Gasteiger partial charge in [-0.15, -0.1) is 0 Å². The fourth-order valence-corrected chi connectivity index (χ4v) is 4.45. The van der Waals surface area contributed by atoms with Crippen molar-refractivity contribution in [3.63, 3.8) is 0 Å². The van der Waals surface area contributed by atoms with E-state index in [-0.39, 0.29) is 10.8 Å². The van der Waals surface area contributed by atoms with Crippen molar-refractivity contribution in [1.82, 2.24) is 14.9 Å². The number of sulfonamides is 1. The molecule has 0 aromatic heterocycles. The topological polar surface area (TPSA) is 78.5 Å². The van der Waals surface area contributed by atoms with Crippen LogP contribution in [0, 0.1) is 5.92 Å². The number of hydrogen-bond acceptors (Lipinski definition) is 4.